The van der Waals surface area contributed by atoms with Gasteiger partial charge in [-0.15, -0.1) is 0 Å². The zero-order valence-corrected chi connectivity index (χ0v) is 13.9. The number of hydrogen-bond donors (Lipinski definition) is 1. The molecule has 0 aromatic heterocycles. The number of aliphatic carboxylic acids is 1. The first-order chi connectivity index (χ1) is 12.7. The van der Waals surface area contributed by atoms with Gasteiger partial charge in [-0.1, -0.05) is 24.3 Å². The molecule has 0 spiro atoms. The van der Waals surface area contributed by atoms with Crippen molar-refractivity contribution in [1.82, 2.24) is 0 Å². The van der Waals surface area contributed by atoms with Crippen LogP contribution in [0.3, 0.4) is 0 Å². The lowest BCUT2D eigenvalue weighted by atomic mass is 10.0. The van der Waals surface area contributed by atoms with Crippen molar-refractivity contribution in [3.63, 3.8) is 0 Å². The minimum atomic E-state index is -4.33. The van der Waals surface area contributed by atoms with Crippen molar-refractivity contribution in [2.75, 3.05) is 6.61 Å². The molecule has 0 unspecified atom stereocenters. The normalized spacial score (nSPS) is 11.7. The summed E-state index contributed by atoms with van der Waals surface area (Å²) in [6.45, 7) is -0.389. The van der Waals surface area contributed by atoms with E-state index in [1.165, 1.54) is 36.4 Å². The summed E-state index contributed by atoms with van der Waals surface area (Å²) >= 11 is 0. The minimum Gasteiger partial charge on any atom is -0.490 e. The van der Waals surface area contributed by atoms with Crippen LogP contribution in [-0.2, 0) is 4.79 Å². The Hall–Kier alpha value is -2.90. The van der Waals surface area contributed by atoms with E-state index in [0.29, 0.717) is 11.1 Å². The van der Waals surface area contributed by atoms with Gasteiger partial charge in [0, 0.05) is 18.1 Å². The molecular formula is C19H15F5O3. The van der Waals surface area contributed by atoms with E-state index in [9.17, 15) is 26.7 Å². The number of alkyl halides is 3. The highest BCUT2D eigenvalue weighted by atomic mass is 19.4. The van der Waals surface area contributed by atoms with E-state index < -0.39 is 36.0 Å². The number of rotatable bonds is 7. The van der Waals surface area contributed by atoms with Gasteiger partial charge in [0.2, 0.25) is 5.82 Å². The van der Waals surface area contributed by atoms with Gasteiger partial charge in [0.05, 0.1) is 6.61 Å². The molecule has 27 heavy (non-hydrogen) atoms. The van der Waals surface area contributed by atoms with Gasteiger partial charge in [-0.25, -0.2) is 9.18 Å². The van der Waals surface area contributed by atoms with E-state index in [4.69, 9.17) is 9.84 Å². The number of hydrogen-bond acceptors (Lipinski definition) is 2. The summed E-state index contributed by atoms with van der Waals surface area (Å²) in [5.41, 5.74) is 0.859. The Kier molecular flexibility index (Phi) is 6.55. The molecule has 144 valence electrons. The van der Waals surface area contributed by atoms with Crippen LogP contribution in [0, 0.1) is 11.6 Å². The molecule has 8 heteroatoms. The molecule has 2 aromatic rings. The first-order valence-electron chi connectivity index (χ1n) is 7.86. The Bertz CT molecular complexity index is 826. The number of ether oxygens (including phenoxy) is 1. The number of carboxylic acid groups (broad SMARTS) is 1. The maximum atomic E-state index is 14.3. The molecule has 0 saturated heterocycles. The fraction of sp³-hybridized carbons (Fsp3) is 0.211. The topological polar surface area (TPSA) is 46.5 Å². The highest BCUT2D eigenvalue weighted by molar-refractivity contribution is 5.85. The Morgan fingerprint density at radius 1 is 1.04 bits per heavy atom. The Morgan fingerprint density at radius 3 is 2.30 bits per heavy atom. The second kappa shape index (κ2) is 8.66. The summed E-state index contributed by atoms with van der Waals surface area (Å²) in [6, 6.07) is 8.47. The van der Waals surface area contributed by atoms with Gasteiger partial charge < -0.3 is 9.84 Å². The zero-order valence-electron chi connectivity index (χ0n) is 13.9. The number of carboxylic acids is 1. The van der Waals surface area contributed by atoms with Crippen molar-refractivity contribution >= 4 is 12.0 Å². The number of carbonyl (C=O) groups is 1. The molecule has 0 amide bonds. The molecule has 0 fully saturated rings. The first-order valence-corrected chi connectivity index (χ1v) is 7.86. The summed E-state index contributed by atoms with van der Waals surface area (Å²) in [7, 11) is 0. The van der Waals surface area contributed by atoms with Crippen molar-refractivity contribution in [3.05, 3.63) is 59.7 Å². The molecule has 3 nitrogen and oxygen atoms in total. The molecule has 0 aliphatic rings. The fourth-order valence-corrected chi connectivity index (χ4v) is 2.26. The highest BCUT2D eigenvalue weighted by Gasteiger charge is 2.26. The van der Waals surface area contributed by atoms with Crippen molar-refractivity contribution < 1.29 is 36.6 Å². The minimum absolute atomic E-state index is 0.0519. The van der Waals surface area contributed by atoms with Gasteiger partial charge in [-0.3, -0.25) is 0 Å². The lowest BCUT2D eigenvalue weighted by Crippen LogP contribution is -2.10. The van der Waals surface area contributed by atoms with Gasteiger partial charge in [0.15, 0.2) is 11.6 Å². The maximum Gasteiger partial charge on any atom is 0.389 e. The smallest absolute Gasteiger partial charge is 0.389 e. The molecule has 0 bridgehead atoms. The third-order valence-corrected chi connectivity index (χ3v) is 3.55. The van der Waals surface area contributed by atoms with E-state index >= 15 is 0 Å². The van der Waals surface area contributed by atoms with Crippen LogP contribution < -0.4 is 4.74 Å². The van der Waals surface area contributed by atoms with E-state index in [2.05, 4.69) is 0 Å². The molecule has 0 heterocycles. The summed E-state index contributed by atoms with van der Waals surface area (Å²) in [5.74, 6) is -4.04. The van der Waals surface area contributed by atoms with Crippen LogP contribution in [-0.4, -0.2) is 23.9 Å². The zero-order chi connectivity index (χ0) is 20.0. The van der Waals surface area contributed by atoms with Crippen molar-refractivity contribution in [2.45, 2.75) is 19.0 Å². The van der Waals surface area contributed by atoms with E-state index in [-0.39, 0.29) is 18.6 Å². The molecule has 0 saturated carbocycles. The Balaban J connectivity index is 2.11. The molecule has 1 N–H and O–H groups in total. The fourth-order valence-electron chi connectivity index (χ4n) is 2.26. The predicted molar refractivity (Wildman–Crippen MR) is 89.2 cm³/mol. The summed E-state index contributed by atoms with van der Waals surface area (Å²) in [6.07, 6.45) is -3.47. The van der Waals surface area contributed by atoms with Gasteiger partial charge in [0.1, 0.15) is 0 Å². The summed E-state index contributed by atoms with van der Waals surface area (Å²) in [5, 5.41) is 8.57. The largest absolute Gasteiger partial charge is 0.490 e. The van der Waals surface area contributed by atoms with Crippen LogP contribution in [0.15, 0.2) is 42.5 Å². The first kappa shape index (κ1) is 20.4. The average molecular weight is 386 g/mol. The predicted octanol–water partition coefficient (Wildman–Crippen LogP) is 5.45. The van der Waals surface area contributed by atoms with E-state index in [0.717, 1.165) is 12.1 Å². The van der Waals surface area contributed by atoms with Crippen molar-refractivity contribution in [1.29, 1.82) is 0 Å². The van der Waals surface area contributed by atoms with Gasteiger partial charge in [-0.2, -0.15) is 17.6 Å². The Morgan fingerprint density at radius 2 is 1.70 bits per heavy atom. The monoisotopic (exact) mass is 386 g/mol. The Labute approximate surface area is 151 Å². The third-order valence-electron chi connectivity index (χ3n) is 3.55. The quantitative estimate of drug-likeness (QED) is 0.391. The lowest BCUT2D eigenvalue weighted by Gasteiger charge is -2.11. The molecular weight excluding hydrogens is 371 g/mol. The molecule has 0 aliphatic heterocycles. The second-order valence-electron chi connectivity index (χ2n) is 5.60. The van der Waals surface area contributed by atoms with Crippen LogP contribution in [0.4, 0.5) is 22.0 Å². The second-order valence-corrected chi connectivity index (χ2v) is 5.60. The summed E-state index contributed by atoms with van der Waals surface area (Å²) < 4.78 is 69.4. The van der Waals surface area contributed by atoms with Crippen LogP contribution in [0.25, 0.3) is 17.2 Å². The van der Waals surface area contributed by atoms with Crippen LogP contribution in [0.5, 0.6) is 5.75 Å². The number of benzene rings is 2. The lowest BCUT2D eigenvalue weighted by molar-refractivity contribution is -0.136. The molecule has 0 aliphatic carbocycles. The molecule has 0 radical (unpaired) electrons. The van der Waals surface area contributed by atoms with E-state index in [1.54, 1.807) is 0 Å². The molecule has 2 rings (SSSR count). The highest BCUT2D eigenvalue weighted by Crippen LogP contribution is 2.30. The van der Waals surface area contributed by atoms with Crippen LogP contribution in [0.2, 0.25) is 0 Å². The van der Waals surface area contributed by atoms with Gasteiger partial charge in [-0.05, 0) is 35.8 Å². The third kappa shape index (κ3) is 6.09. The summed E-state index contributed by atoms with van der Waals surface area (Å²) in [4.78, 5) is 10.5. The van der Waals surface area contributed by atoms with Gasteiger partial charge >= 0.3 is 12.1 Å². The average Bonchev–Trinajstić information content (AvgIpc) is 2.60. The van der Waals surface area contributed by atoms with Crippen LogP contribution in [0.1, 0.15) is 18.4 Å². The van der Waals surface area contributed by atoms with Crippen LogP contribution >= 0.6 is 0 Å². The molecule has 0 atom stereocenters. The van der Waals surface area contributed by atoms with E-state index in [1.807, 2.05) is 0 Å². The van der Waals surface area contributed by atoms with Crippen molar-refractivity contribution in [2.24, 2.45) is 0 Å². The standard InChI is InChI=1S/C19H15F5O3/c20-17-14(13-5-2-12(3-6-13)4-9-16(25)26)7-8-15(18(17)21)27-11-1-10-19(22,23)24/h2-9H,1,10-11H2,(H,25,26). The maximum absolute atomic E-state index is 14.3. The number of halogens is 5. The molecule has 2 aromatic carbocycles. The van der Waals surface area contributed by atoms with Gasteiger partial charge in [0.25, 0.3) is 0 Å². The van der Waals surface area contributed by atoms with Crippen molar-refractivity contribution in [3.8, 4) is 16.9 Å². The SMILES string of the molecule is O=C(O)C=Cc1ccc(-c2ccc(OCCCC(F)(F)F)c(F)c2F)cc1.